The molecule has 0 unspecified atom stereocenters. The van der Waals surface area contributed by atoms with Crippen LogP contribution in [0, 0.1) is 13.8 Å². The number of aryl methyl sites for hydroxylation is 1. The summed E-state index contributed by atoms with van der Waals surface area (Å²) in [4.78, 5) is 6.69. The standard InChI is InChI=1S/C24H29N5O3S2/c1-16-15-20(17(2)28(16)13-14-32-3)23-22(21-7-5-6-12-25-21)26-24(33)29(23)19-10-8-18(9-11-19)27-34(4,30)31/h5-12,15,22-23,27H,13-14H2,1-4H3,(H,26,33)/t22-,23+/m1/s1. The largest absolute Gasteiger partial charge is 0.383 e. The summed E-state index contributed by atoms with van der Waals surface area (Å²) in [5, 5.41) is 4.06. The van der Waals surface area contributed by atoms with Crippen molar-refractivity contribution in [3.63, 3.8) is 0 Å². The fourth-order valence-electron chi connectivity index (χ4n) is 4.51. The molecule has 3 heterocycles. The summed E-state index contributed by atoms with van der Waals surface area (Å²) in [6.07, 6.45) is 2.92. The highest BCUT2D eigenvalue weighted by molar-refractivity contribution is 7.92. The quantitative estimate of drug-likeness (QED) is 0.457. The van der Waals surface area contributed by atoms with Gasteiger partial charge in [-0.15, -0.1) is 0 Å². The fraction of sp³-hybridized carbons (Fsp3) is 0.333. The number of benzene rings is 1. The summed E-state index contributed by atoms with van der Waals surface area (Å²) in [6.45, 7) is 5.60. The Hall–Kier alpha value is -2.95. The van der Waals surface area contributed by atoms with E-state index in [1.165, 1.54) is 0 Å². The minimum Gasteiger partial charge on any atom is -0.383 e. The molecule has 8 nitrogen and oxygen atoms in total. The minimum absolute atomic E-state index is 0.140. The predicted octanol–water partition coefficient (Wildman–Crippen LogP) is 3.69. The number of nitrogens with one attached hydrogen (secondary N) is 2. The summed E-state index contributed by atoms with van der Waals surface area (Å²) in [5.41, 5.74) is 5.70. The lowest BCUT2D eigenvalue weighted by Gasteiger charge is -2.28. The molecule has 0 bridgehead atoms. The van der Waals surface area contributed by atoms with Crippen LogP contribution < -0.4 is 14.9 Å². The zero-order valence-electron chi connectivity index (χ0n) is 19.6. The molecule has 0 spiro atoms. The van der Waals surface area contributed by atoms with Crippen molar-refractivity contribution in [1.82, 2.24) is 14.9 Å². The highest BCUT2D eigenvalue weighted by atomic mass is 32.2. The van der Waals surface area contributed by atoms with Gasteiger partial charge in [0.1, 0.15) is 0 Å². The van der Waals surface area contributed by atoms with Gasteiger partial charge in [-0.1, -0.05) is 6.07 Å². The average molecular weight is 500 g/mol. The van der Waals surface area contributed by atoms with Crippen LogP contribution in [0.15, 0.2) is 54.7 Å². The van der Waals surface area contributed by atoms with Gasteiger partial charge in [0.05, 0.1) is 30.6 Å². The molecule has 4 rings (SSSR count). The number of nitrogens with zero attached hydrogens (tertiary/aromatic N) is 3. The molecule has 1 aliphatic heterocycles. The van der Waals surface area contributed by atoms with Crippen LogP contribution in [-0.4, -0.2) is 43.1 Å². The molecule has 180 valence electrons. The van der Waals surface area contributed by atoms with Gasteiger partial charge in [-0.2, -0.15) is 0 Å². The summed E-state index contributed by atoms with van der Waals surface area (Å²) in [5.74, 6) is 0. The van der Waals surface area contributed by atoms with Gasteiger partial charge < -0.3 is 19.5 Å². The number of sulfonamides is 1. The van der Waals surface area contributed by atoms with E-state index in [0.29, 0.717) is 17.4 Å². The van der Waals surface area contributed by atoms with Crippen molar-refractivity contribution in [3.8, 4) is 0 Å². The Morgan fingerprint density at radius 2 is 1.91 bits per heavy atom. The van der Waals surface area contributed by atoms with Crippen molar-refractivity contribution >= 4 is 38.7 Å². The monoisotopic (exact) mass is 499 g/mol. The number of aromatic nitrogens is 2. The minimum atomic E-state index is -3.36. The predicted molar refractivity (Wildman–Crippen MR) is 139 cm³/mol. The van der Waals surface area contributed by atoms with E-state index < -0.39 is 10.0 Å². The number of pyridine rings is 1. The molecule has 0 aliphatic carbocycles. The molecule has 1 saturated heterocycles. The van der Waals surface area contributed by atoms with Crippen molar-refractivity contribution in [3.05, 3.63) is 77.4 Å². The van der Waals surface area contributed by atoms with Crippen LogP contribution in [0.2, 0.25) is 0 Å². The van der Waals surface area contributed by atoms with E-state index in [0.717, 1.165) is 41.1 Å². The molecule has 1 aliphatic rings. The van der Waals surface area contributed by atoms with Gasteiger partial charge in [-0.05, 0) is 74.1 Å². The Morgan fingerprint density at radius 3 is 2.53 bits per heavy atom. The van der Waals surface area contributed by atoms with Crippen molar-refractivity contribution in [2.75, 3.05) is 29.6 Å². The maximum absolute atomic E-state index is 11.6. The van der Waals surface area contributed by atoms with E-state index >= 15 is 0 Å². The van der Waals surface area contributed by atoms with Crippen LogP contribution >= 0.6 is 12.2 Å². The Morgan fingerprint density at radius 1 is 1.18 bits per heavy atom. The number of ether oxygens (including phenoxy) is 1. The van der Waals surface area contributed by atoms with Crippen LogP contribution in [0.4, 0.5) is 11.4 Å². The zero-order chi connectivity index (χ0) is 24.5. The lowest BCUT2D eigenvalue weighted by atomic mass is 9.96. The van der Waals surface area contributed by atoms with Crippen molar-refractivity contribution in [2.24, 2.45) is 0 Å². The third kappa shape index (κ3) is 4.94. The van der Waals surface area contributed by atoms with Gasteiger partial charge >= 0.3 is 0 Å². The van der Waals surface area contributed by atoms with Crippen molar-refractivity contribution in [1.29, 1.82) is 0 Å². The van der Waals surface area contributed by atoms with E-state index in [9.17, 15) is 8.42 Å². The van der Waals surface area contributed by atoms with E-state index in [2.05, 4.69) is 44.4 Å². The Balaban J connectivity index is 1.79. The first kappa shape index (κ1) is 24.2. The normalized spacial score (nSPS) is 18.2. The van der Waals surface area contributed by atoms with Crippen molar-refractivity contribution in [2.45, 2.75) is 32.5 Å². The number of methoxy groups -OCH3 is 1. The van der Waals surface area contributed by atoms with Crippen LogP contribution in [0.5, 0.6) is 0 Å². The highest BCUT2D eigenvalue weighted by Gasteiger charge is 2.42. The lowest BCUT2D eigenvalue weighted by Crippen LogP contribution is -2.29. The molecule has 10 heteroatoms. The number of hydrogen-bond acceptors (Lipinski definition) is 5. The second kappa shape index (κ2) is 9.73. The van der Waals surface area contributed by atoms with Gasteiger partial charge in [-0.25, -0.2) is 8.42 Å². The van der Waals surface area contributed by atoms with Crippen LogP contribution in [-0.2, 0) is 21.3 Å². The van der Waals surface area contributed by atoms with E-state index in [1.807, 2.05) is 30.3 Å². The van der Waals surface area contributed by atoms with E-state index in [-0.39, 0.29) is 12.1 Å². The Labute approximate surface area is 206 Å². The molecule has 2 atom stereocenters. The lowest BCUT2D eigenvalue weighted by molar-refractivity contribution is 0.186. The molecule has 1 aromatic carbocycles. The maximum Gasteiger partial charge on any atom is 0.229 e. The number of anilines is 2. The smallest absolute Gasteiger partial charge is 0.229 e. The highest BCUT2D eigenvalue weighted by Crippen LogP contribution is 2.43. The SMILES string of the molecule is COCCn1c(C)cc([C@H]2[C@@H](c3ccccn3)NC(=S)N2c2ccc(NS(C)(=O)=O)cc2)c1C. The second-order valence-electron chi connectivity index (χ2n) is 8.39. The fourth-order valence-corrected chi connectivity index (χ4v) is 5.42. The van der Waals surface area contributed by atoms with Gasteiger partial charge in [0.2, 0.25) is 10.0 Å². The first-order valence-electron chi connectivity index (χ1n) is 10.9. The molecule has 0 amide bonds. The van der Waals surface area contributed by atoms with Crippen LogP contribution in [0.1, 0.15) is 34.7 Å². The molecule has 2 aromatic heterocycles. The molecule has 3 aromatic rings. The summed E-state index contributed by atoms with van der Waals surface area (Å²) in [7, 11) is -1.65. The third-order valence-corrected chi connectivity index (χ3v) is 6.92. The third-order valence-electron chi connectivity index (χ3n) is 6.00. The number of rotatable bonds is 8. The van der Waals surface area contributed by atoms with Crippen molar-refractivity contribution < 1.29 is 13.2 Å². The molecule has 1 fully saturated rings. The van der Waals surface area contributed by atoms with Gasteiger partial charge in [0.15, 0.2) is 5.11 Å². The summed E-state index contributed by atoms with van der Waals surface area (Å²) >= 11 is 5.80. The number of thiocarbonyl (C=S) groups is 1. The first-order valence-corrected chi connectivity index (χ1v) is 13.2. The molecular formula is C24H29N5O3S2. The average Bonchev–Trinajstić information content (AvgIpc) is 3.28. The van der Waals surface area contributed by atoms with E-state index in [4.69, 9.17) is 17.0 Å². The van der Waals surface area contributed by atoms with Gasteiger partial charge in [0, 0.05) is 42.6 Å². The molecule has 0 radical (unpaired) electrons. The second-order valence-corrected chi connectivity index (χ2v) is 10.5. The molecule has 34 heavy (non-hydrogen) atoms. The molecule has 0 saturated carbocycles. The summed E-state index contributed by atoms with van der Waals surface area (Å²) in [6, 6.07) is 15.0. The van der Waals surface area contributed by atoms with E-state index in [1.54, 1.807) is 25.4 Å². The van der Waals surface area contributed by atoms with Crippen LogP contribution in [0.3, 0.4) is 0 Å². The Bertz CT molecular complexity index is 1270. The maximum atomic E-state index is 11.6. The Kier molecular flexibility index (Phi) is 6.92. The summed E-state index contributed by atoms with van der Waals surface area (Å²) < 4.78 is 33.3. The molecule has 2 N–H and O–H groups in total. The first-order chi connectivity index (χ1) is 16.2. The number of hydrogen-bond donors (Lipinski definition) is 2. The van der Waals surface area contributed by atoms with Gasteiger partial charge in [0.25, 0.3) is 0 Å². The van der Waals surface area contributed by atoms with Crippen LogP contribution in [0.25, 0.3) is 0 Å². The zero-order valence-corrected chi connectivity index (χ0v) is 21.3. The van der Waals surface area contributed by atoms with Gasteiger partial charge in [-0.3, -0.25) is 9.71 Å². The topological polar surface area (TPSA) is 88.5 Å². The molecular weight excluding hydrogens is 470 g/mol.